The molecule has 0 spiro atoms. The van der Waals surface area contributed by atoms with Crippen molar-refractivity contribution in [2.24, 2.45) is 5.84 Å². The number of nitrogens with two attached hydrogens (primary N) is 1. The van der Waals surface area contributed by atoms with Crippen molar-refractivity contribution in [3.8, 4) is 0 Å². The molecule has 1 aliphatic rings. The van der Waals surface area contributed by atoms with Crippen molar-refractivity contribution >= 4 is 33.3 Å². The fourth-order valence-electron chi connectivity index (χ4n) is 2.25. The first kappa shape index (κ1) is 13.2. The Morgan fingerprint density at radius 3 is 3.20 bits per heavy atom. The number of anilines is 1. The predicted molar refractivity (Wildman–Crippen MR) is 78.1 cm³/mol. The first-order valence-corrected chi connectivity index (χ1v) is 7.34. The molecular formula is C12H16N6OS. The molecule has 0 aliphatic carbocycles. The first-order valence-electron chi connectivity index (χ1n) is 6.46. The second-order valence-electron chi connectivity index (χ2n) is 4.65. The lowest BCUT2D eigenvalue weighted by atomic mass is 10.3. The third kappa shape index (κ3) is 2.72. The van der Waals surface area contributed by atoms with Crippen molar-refractivity contribution in [1.82, 2.24) is 20.2 Å². The topological polar surface area (TPSA) is 96.2 Å². The van der Waals surface area contributed by atoms with Crippen LogP contribution < -0.4 is 16.6 Å². The zero-order chi connectivity index (χ0) is 13.9. The number of aromatic nitrogens is 2. The molecule has 106 valence electrons. The molecule has 4 N–H and O–H groups in total. The molecule has 20 heavy (non-hydrogen) atoms. The van der Waals surface area contributed by atoms with Gasteiger partial charge in [-0.25, -0.2) is 15.8 Å². The standard InChI is InChI=1S/C12H16N6OS/c13-17-11-8-2-6-20-12(8)16-9(15-11)7-18-4-1-10(19)14-3-5-18/h2,6H,1,3-5,7,13H2,(H,14,19)(H,15,16,17). The molecule has 0 saturated carbocycles. The molecule has 0 bridgehead atoms. The van der Waals surface area contributed by atoms with Gasteiger partial charge in [0.05, 0.1) is 11.9 Å². The van der Waals surface area contributed by atoms with Crippen LogP contribution in [0.3, 0.4) is 0 Å². The molecule has 1 aliphatic heterocycles. The Morgan fingerprint density at radius 2 is 2.35 bits per heavy atom. The summed E-state index contributed by atoms with van der Waals surface area (Å²) in [6.45, 7) is 2.82. The number of nitrogens with one attached hydrogen (secondary N) is 2. The Hall–Kier alpha value is -1.77. The zero-order valence-electron chi connectivity index (χ0n) is 10.9. The van der Waals surface area contributed by atoms with E-state index in [0.29, 0.717) is 25.3 Å². The van der Waals surface area contributed by atoms with Gasteiger partial charge in [-0.05, 0) is 11.4 Å². The zero-order valence-corrected chi connectivity index (χ0v) is 11.7. The van der Waals surface area contributed by atoms with Crippen molar-refractivity contribution < 1.29 is 4.79 Å². The summed E-state index contributed by atoms with van der Waals surface area (Å²) in [7, 11) is 0. The molecule has 0 radical (unpaired) electrons. The smallest absolute Gasteiger partial charge is 0.221 e. The van der Waals surface area contributed by atoms with Crippen molar-refractivity contribution in [2.75, 3.05) is 25.1 Å². The van der Waals surface area contributed by atoms with Gasteiger partial charge in [-0.15, -0.1) is 11.3 Å². The number of fused-ring (bicyclic) bond motifs is 1. The molecule has 3 rings (SSSR count). The van der Waals surface area contributed by atoms with E-state index in [4.69, 9.17) is 5.84 Å². The summed E-state index contributed by atoms with van der Waals surface area (Å²) in [4.78, 5) is 23.4. The monoisotopic (exact) mass is 292 g/mol. The molecule has 1 amide bonds. The van der Waals surface area contributed by atoms with E-state index in [1.54, 1.807) is 11.3 Å². The molecular weight excluding hydrogens is 276 g/mol. The summed E-state index contributed by atoms with van der Waals surface area (Å²) in [6, 6.07) is 1.95. The normalized spacial score (nSPS) is 16.9. The molecule has 3 heterocycles. The fourth-order valence-corrected chi connectivity index (χ4v) is 3.03. The van der Waals surface area contributed by atoms with Gasteiger partial charge >= 0.3 is 0 Å². The van der Waals surface area contributed by atoms with E-state index in [1.807, 2.05) is 11.4 Å². The highest BCUT2D eigenvalue weighted by molar-refractivity contribution is 7.16. The maximum atomic E-state index is 11.3. The van der Waals surface area contributed by atoms with E-state index in [2.05, 4.69) is 25.6 Å². The fraction of sp³-hybridized carbons (Fsp3) is 0.417. The number of carbonyl (C=O) groups is 1. The van der Waals surface area contributed by atoms with E-state index >= 15 is 0 Å². The number of nitrogen functional groups attached to an aromatic ring is 1. The summed E-state index contributed by atoms with van der Waals surface area (Å²) in [5, 5.41) is 5.77. The molecule has 8 heteroatoms. The van der Waals surface area contributed by atoms with Gasteiger partial charge in [0.2, 0.25) is 5.91 Å². The Labute approximate surface area is 120 Å². The van der Waals surface area contributed by atoms with Gasteiger partial charge in [-0.3, -0.25) is 9.69 Å². The van der Waals surface area contributed by atoms with Crippen molar-refractivity contribution in [2.45, 2.75) is 13.0 Å². The third-order valence-electron chi connectivity index (χ3n) is 3.28. The van der Waals surface area contributed by atoms with Crippen LogP contribution in [0.1, 0.15) is 12.2 Å². The van der Waals surface area contributed by atoms with Crippen LogP contribution in [0.2, 0.25) is 0 Å². The Balaban J connectivity index is 1.81. The van der Waals surface area contributed by atoms with Crippen LogP contribution in [-0.4, -0.2) is 40.4 Å². The SMILES string of the molecule is NNc1nc(CN2CCNC(=O)CC2)nc2sccc12. The minimum atomic E-state index is 0.103. The molecule has 2 aromatic heterocycles. The quantitative estimate of drug-likeness (QED) is 0.556. The average molecular weight is 292 g/mol. The van der Waals surface area contributed by atoms with Crippen LogP contribution >= 0.6 is 11.3 Å². The minimum absolute atomic E-state index is 0.103. The van der Waals surface area contributed by atoms with Gasteiger partial charge in [0.1, 0.15) is 10.7 Å². The minimum Gasteiger partial charge on any atom is -0.355 e. The Bertz CT molecular complexity index is 627. The maximum absolute atomic E-state index is 11.3. The van der Waals surface area contributed by atoms with Gasteiger partial charge in [0.15, 0.2) is 5.82 Å². The second kappa shape index (κ2) is 5.70. The van der Waals surface area contributed by atoms with Gasteiger partial charge in [-0.1, -0.05) is 0 Å². The highest BCUT2D eigenvalue weighted by Gasteiger charge is 2.16. The van der Waals surface area contributed by atoms with Crippen molar-refractivity contribution in [1.29, 1.82) is 0 Å². The van der Waals surface area contributed by atoms with Gasteiger partial charge < -0.3 is 10.7 Å². The highest BCUT2D eigenvalue weighted by Crippen LogP contribution is 2.24. The molecule has 7 nitrogen and oxygen atoms in total. The lowest BCUT2D eigenvalue weighted by Crippen LogP contribution is -2.29. The Morgan fingerprint density at radius 1 is 1.45 bits per heavy atom. The van der Waals surface area contributed by atoms with Crippen LogP contribution in [0.25, 0.3) is 10.2 Å². The molecule has 1 saturated heterocycles. The number of hydrazine groups is 1. The largest absolute Gasteiger partial charge is 0.355 e. The van der Waals surface area contributed by atoms with E-state index in [-0.39, 0.29) is 5.91 Å². The number of carbonyl (C=O) groups excluding carboxylic acids is 1. The van der Waals surface area contributed by atoms with E-state index in [0.717, 1.165) is 29.1 Å². The van der Waals surface area contributed by atoms with Crippen molar-refractivity contribution in [3.63, 3.8) is 0 Å². The average Bonchev–Trinajstić information content (AvgIpc) is 2.82. The van der Waals surface area contributed by atoms with E-state index in [1.165, 1.54) is 0 Å². The number of thiophene rings is 1. The summed E-state index contributed by atoms with van der Waals surface area (Å²) < 4.78 is 0. The second-order valence-corrected chi connectivity index (χ2v) is 5.54. The van der Waals surface area contributed by atoms with Crippen LogP contribution in [0, 0.1) is 0 Å². The van der Waals surface area contributed by atoms with Crippen molar-refractivity contribution in [3.05, 3.63) is 17.3 Å². The van der Waals surface area contributed by atoms with Crippen LogP contribution in [0.4, 0.5) is 5.82 Å². The van der Waals surface area contributed by atoms with Gasteiger partial charge in [-0.2, -0.15) is 0 Å². The first-order chi connectivity index (χ1) is 9.76. The predicted octanol–water partition coefficient (Wildman–Crippen LogP) is 0.299. The van der Waals surface area contributed by atoms with Crippen LogP contribution in [0.5, 0.6) is 0 Å². The summed E-state index contributed by atoms with van der Waals surface area (Å²) >= 11 is 1.57. The summed E-state index contributed by atoms with van der Waals surface area (Å²) in [5.41, 5.74) is 2.62. The lowest BCUT2D eigenvalue weighted by molar-refractivity contribution is -0.120. The molecule has 0 atom stereocenters. The number of hydrogen-bond acceptors (Lipinski definition) is 7. The van der Waals surface area contributed by atoms with E-state index < -0.39 is 0 Å². The highest BCUT2D eigenvalue weighted by atomic mass is 32.1. The number of hydrogen-bond donors (Lipinski definition) is 3. The van der Waals surface area contributed by atoms with Crippen LogP contribution in [0.15, 0.2) is 11.4 Å². The molecule has 0 unspecified atom stereocenters. The maximum Gasteiger partial charge on any atom is 0.221 e. The lowest BCUT2D eigenvalue weighted by Gasteiger charge is -2.18. The molecule has 1 fully saturated rings. The Kier molecular flexibility index (Phi) is 3.77. The summed E-state index contributed by atoms with van der Waals surface area (Å²) in [6.07, 6.45) is 0.517. The number of amides is 1. The van der Waals surface area contributed by atoms with Crippen LogP contribution in [-0.2, 0) is 11.3 Å². The van der Waals surface area contributed by atoms with Gasteiger partial charge in [0, 0.05) is 26.1 Å². The summed E-state index contributed by atoms with van der Waals surface area (Å²) in [5.74, 6) is 6.99. The molecule has 0 aromatic carbocycles. The molecule has 2 aromatic rings. The number of rotatable bonds is 3. The van der Waals surface area contributed by atoms with E-state index in [9.17, 15) is 4.79 Å². The third-order valence-corrected chi connectivity index (χ3v) is 4.09. The number of nitrogens with zero attached hydrogens (tertiary/aromatic N) is 3. The van der Waals surface area contributed by atoms with Gasteiger partial charge in [0.25, 0.3) is 0 Å².